The molecule has 1 aromatic rings. The minimum atomic E-state index is -1.08. The fraction of sp³-hybridized carbons (Fsp3) is 0.500. The van der Waals surface area contributed by atoms with Crippen LogP contribution in [-0.4, -0.2) is 18.7 Å². The van der Waals surface area contributed by atoms with E-state index >= 15 is 0 Å². The molecule has 19 heavy (non-hydrogen) atoms. The van der Waals surface area contributed by atoms with Crippen molar-refractivity contribution in [2.24, 2.45) is 5.92 Å². The second kappa shape index (κ2) is 4.47. The average Bonchev–Trinajstić information content (AvgIpc) is 2.52. The van der Waals surface area contributed by atoms with E-state index in [1.54, 1.807) is 13.8 Å². The van der Waals surface area contributed by atoms with E-state index in [-0.39, 0.29) is 11.7 Å². The average molecular weight is 270 g/mol. The van der Waals surface area contributed by atoms with E-state index in [0.29, 0.717) is 5.56 Å². The molecule has 1 saturated heterocycles. The lowest BCUT2D eigenvalue weighted by Crippen LogP contribution is -2.27. The summed E-state index contributed by atoms with van der Waals surface area (Å²) in [6.07, 6.45) is 0. The number of carbonyl (C=O) groups is 1. The number of cyclic esters (lactones) is 1. The molecule has 0 bridgehead atoms. The smallest absolute Gasteiger partial charge is 0.314 e. The first kappa shape index (κ1) is 13.8. The van der Waals surface area contributed by atoms with Crippen LogP contribution in [0.2, 0.25) is 0 Å². The van der Waals surface area contributed by atoms with E-state index in [2.05, 4.69) is 0 Å². The maximum Gasteiger partial charge on any atom is 0.314 e. The Morgan fingerprint density at radius 1 is 1.32 bits per heavy atom. The predicted octanol–water partition coefficient (Wildman–Crippen LogP) is 3.03. The van der Waals surface area contributed by atoms with Crippen molar-refractivity contribution in [3.63, 3.8) is 0 Å². The summed E-state index contributed by atoms with van der Waals surface area (Å²) in [4.78, 5) is 12.0. The highest BCUT2D eigenvalue weighted by molar-refractivity contribution is 5.82. The number of ether oxygens (including phenoxy) is 2. The Morgan fingerprint density at radius 3 is 2.42 bits per heavy atom. The number of carbonyl (C=O) groups excluding carboxylic acids is 1. The number of esters is 1. The SMILES string of the molecule is COc1c(C2C(=O)OC(C)(C)C2C)ccc(F)c1F. The molecule has 1 aliphatic rings. The van der Waals surface area contributed by atoms with E-state index in [0.717, 1.165) is 6.07 Å². The highest BCUT2D eigenvalue weighted by Crippen LogP contribution is 2.45. The molecule has 0 saturated carbocycles. The lowest BCUT2D eigenvalue weighted by molar-refractivity contribution is -0.147. The molecule has 1 fully saturated rings. The van der Waals surface area contributed by atoms with Crippen LogP contribution in [0.4, 0.5) is 8.78 Å². The Kier molecular flexibility index (Phi) is 3.24. The van der Waals surface area contributed by atoms with Crippen LogP contribution >= 0.6 is 0 Å². The molecular formula is C14H16F2O3. The van der Waals surface area contributed by atoms with Gasteiger partial charge in [-0.3, -0.25) is 4.79 Å². The van der Waals surface area contributed by atoms with Crippen LogP contribution in [0.25, 0.3) is 0 Å². The zero-order chi connectivity index (χ0) is 14.4. The van der Waals surface area contributed by atoms with Gasteiger partial charge in [0.15, 0.2) is 11.6 Å². The van der Waals surface area contributed by atoms with Crippen LogP contribution in [0.5, 0.6) is 5.75 Å². The van der Waals surface area contributed by atoms with E-state index in [1.165, 1.54) is 13.2 Å². The summed E-state index contributed by atoms with van der Waals surface area (Å²) >= 11 is 0. The number of hydrogen-bond acceptors (Lipinski definition) is 3. The van der Waals surface area contributed by atoms with Gasteiger partial charge >= 0.3 is 5.97 Å². The van der Waals surface area contributed by atoms with Crippen molar-refractivity contribution in [3.8, 4) is 5.75 Å². The zero-order valence-electron chi connectivity index (χ0n) is 11.3. The van der Waals surface area contributed by atoms with Gasteiger partial charge in [-0.25, -0.2) is 4.39 Å². The monoisotopic (exact) mass is 270 g/mol. The lowest BCUT2D eigenvalue weighted by Gasteiger charge is -2.23. The highest BCUT2D eigenvalue weighted by Gasteiger charge is 2.49. The predicted molar refractivity (Wildman–Crippen MR) is 65.0 cm³/mol. The Morgan fingerprint density at radius 2 is 1.95 bits per heavy atom. The quantitative estimate of drug-likeness (QED) is 0.775. The van der Waals surface area contributed by atoms with E-state index in [1.807, 2.05) is 6.92 Å². The molecule has 104 valence electrons. The fourth-order valence-electron chi connectivity index (χ4n) is 2.42. The number of hydrogen-bond donors (Lipinski definition) is 0. The standard InChI is InChI=1S/C14H16F2O3/c1-7-10(13(17)19-14(7,2)3)8-5-6-9(15)11(16)12(8)18-4/h5-7,10H,1-4H3. The molecule has 0 N–H and O–H groups in total. The van der Waals surface area contributed by atoms with Crippen LogP contribution in [-0.2, 0) is 9.53 Å². The van der Waals surface area contributed by atoms with Gasteiger partial charge in [-0.05, 0) is 19.9 Å². The van der Waals surface area contributed by atoms with Crippen LogP contribution < -0.4 is 4.74 Å². The third-order valence-corrected chi connectivity index (χ3v) is 3.83. The molecule has 0 radical (unpaired) electrons. The largest absolute Gasteiger partial charge is 0.493 e. The summed E-state index contributed by atoms with van der Waals surface area (Å²) in [6.45, 7) is 5.43. The summed E-state index contributed by atoms with van der Waals surface area (Å²) in [5.41, 5.74) is -0.318. The van der Waals surface area contributed by atoms with Crippen molar-refractivity contribution in [1.29, 1.82) is 0 Å². The summed E-state index contributed by atoms with van der Waals surface area (Å²) < 4.78 is 37.1. The first-order chi connectivity index (χ1) is 8.79. The number of halogens is 2. The summed E-state index contributed by atoms with van der Waals surface area (Å²) in [5, 5.41) is 0. The van der Waals surface area contributed by atoms with E-state index in [9.17, 15) is 13.6 Å². The normalized spacial score (nSPS) is 25.3. The van der Waals surface area contributed by atoms with Crippen molar-refractivity contribution < 1.29 is 23.0 Å². The summed E-state index contributed by atoms with van der Waals surface area (Å²) in [5.74, 6) is -3.57. The van der Waals surface area contributed by atoms with Crippen molar-refractivity contribution >= 4 is 5.97 Å². The van der Waals surface area contributed by atoms with Gasteiger partial charge in [-0.1, -0.05) is 13.0 Å². The molecule has 0 amide bonds. The lowest BCUT2D eigenvalue weighted by atomic mass is 9.80. The fourth-order valence-corrected chi connectivity index (χ4v) is 2.42. The topological polar surface area (TPSA) is 35.5 Å². The third-order valence-electron chi connectivity index (χ3n) is 3.83. The van der Waals surface area contributed by atoms with Crippen LogP contribution in [0, 0.1) is 17.6 Å². The van der Waals surface area contributed by atoms with Crippen molar-refractivity contribution in [2.75, 3.05) is 7.11 Å². The maximum absolute atomic E-state index is 13.7. The van der Waals surface area contributed by atoms with Crippen LogP contribution in [0.3, 0.4) is 0 Å². The first-order valence-electron chi connectivity index (χ1n) is 6.04. The van der Waals surface area contributed by atoms with Gasteiger partial charge in [-0.2, -0.15) is 4.39 Å². The minimum Gasteiger partial charge on any atom is -0.493 e. The highest BCUT2D eigenvalue weighted by atomic mass is 19.2. The van der Waals surface area contributed by atoms with Crippen molar-refractivity contribution in [2.45, 2.75) is 32.3 Å². The molecule has 0 aromatic heterocycles. The molecule has 2 unspecified atom stereocenters. The summed E-state index contributed by atoms with van der Waals surface area (Å²) in [6, 6.07) is 2.37. The van der Waals surface area contributed by atoms with Crippen molar-refractivity contribution in [1.82, 2.24) is 0 Å². The van der Waals surface area contributed by atoms with E-state index < -0.39 is 29.1 Å². The molecule has 0 spiro atoms. The van der Waals surface area contributed by atoms with Gasteiger partial charge in [0.2, 0.25) is 5.82 Å². The third kappa shape index (κ3) is 2.07. The molecule has 1 aromatic carbocycles. The van der Waals surface area contributed by atoms with Gasteiger partial charge in [0.05, 0.1) is 13.0 Å². The molecular weight excluding hydrogens is 254 g/mol. The van der Waals surface area contributed by atoms with Gasteiger partial charge in [0, 0.05) is 11.5 Å². The second-order valence-corrected chi connectivity index (χ2v) is 5.27. The molecule has 0 aliphatic carbocycles. The van der Waals surface area contributed by atoms with Crippen LogP contribution in [0.15, 0.2) is 12.1 Å². The Balaban J connectivity index is 2.54. The first-order valence-corrected chi connectivity index (χ1v) is 6.04. The van der Waals surface area contributed by atoms with Gasteiger partial charge in [0.25, 0.3) is 0 Å². The minimum absolute atomic E-state index is 0.168. The molecule has 1 heterocycles. The number of methoxy groups -OCH3 is 1. The molecule has 2 atom stereocenters. The maximum atomic E-state index is 13.7. The molecule has 3 nitrogen and oxygen atoms in total. The molecule has 1 aliphatic heterocycles. The Hall–Kier alpha value is -1.65. The molecule has 5 heteroatoms. The van der Waals surface area contributed by atoms with Gasteiger partial charge < -0.3 is 9.47 Å². The second-order valence-electron chi connectivity index (χ2n) is 5.27. The summed E-state index contributed by atoms with van der Waals surface area (Å²) in [7, 11) is 1.25. The van der Waals surface area contributed by atoms with Crippen LogP contribution in [0.1, 0.15) is 32.3 Å². The van der Waals surface area contributed by atoms with E-state index in [4.69, 9.17) is 9.47 Å². The Labute approximate surface area is 110 Å². The molecule has 2 rings (SSSR count). The van der Waals surface area contributed by atoms with Gasteiger partial charge in [0.1, 0.15) is 5.60 Å². The number of benzene rings is 1. The number of rotatable bonds is 2. The zero-order valence-corrected chi connectivity index (χ0v) is 11.3. The Bertz CT molecular complexity index is 526. The van der Waals surface area contributed by atoms with Gasteiger partial charge in [-0.15, -0.1) is 0 Å². The van der Waals surface area contributed by atoms with Crippen molar-refractivity contribution in [3.05, 3.63) is 29.3 Å².